The summed E-state index contributed by atoms with van der Waals surface area (Å²) in [6.07, 6.45) is 5.16. The van der Waals surface area contributed by atoms with Gasteiger partial charge in [-0.15, -0.1) is 0 Å². The van der Waals surface area contributed by atoms with Gasteiger partial charge < -0.3 is 40.9 Å². The van der Waals surface area contributed by atoms with E-state index in [-0.39, 0.29) is 51.4 Å². The summed E-state index contributed by atoms with van der Waals surface area (Å²) >= 11 is 0. The van der Waals surface area contributed by atoms with Crippen LogP contribution < -0.4 is 0 Å². The van der Waals surface area contributed by atoms with Crippen molar-refractivity contribution in [2.45, 2.75) is 25.2 Å². The highest BCUT2D eigenvalue weighted by Crippen LogP contribution is 2.52. The first-order chi connectivity index (χ1) is 20.4. The third-order valence-electron chi connectivity index (χ3n) is 7.75. The molecule has 9 nitrogen and oxygen atoms in total. The number of aromatic hydroxyl groups is 8. The Hall–Kier alpha value is -5.57. The predicted molar refractivity (Wildman–Crippen MR) is 160 cm³/mol. The van der Waals surface area contributed by atoms with E-state index >= 15 is 0 Å². The van der Waals surface area contributed by atoms with Gasteiger partial charge in [0.05, 0.1) is 5.56 Å². The van der Waals surface area contributed by atoms with Crippen molar-refractivity contribution in [3.63, 3.8) is 0 Å². The number of Topliss-reactive ketones (excluding diaryl/α,β-unsaturated/α-hetero) is 1. The van der Waals surface area contributed by atoms with Gasteiger partial charge in [0.1, 0.15) is 46.0 Å². The molecule has 5 rings (SSSR count). The van der Waals surface area contributed by atoms with Crippen LogP contribution in [0.1, 0.15) is 57.8 Å². The highest BCUT2D eigenvalue weighted by molar-refractivity contribution is 6.02. The van der Waals surface area contributed by atoms with Crippen LogP contribution in [0.2, 0.25) is 0 Å². The number of carbonyl (C=O) groups excluding carboxylic acids is 1. The van der Waals surface area contributed by atoms with Crippen molar-refractivity contribution in [2.75, 3.05) is 0 Å². The number of rotatable bonds is 6. The molecule has 220 valence electrons. The van der Waals surface area contributed by atoms with Gasteiger partial charge >= 0.3 is 0 Å². The summed E-state index contributed by atoms with van der Waals surface area (Å²) in [7, 11) is 0. The number of phenolic OH excluding ortho intramolecular Hbond substituents is 8. The molecule has 0 saturated carbocycles. The van der Waals surface area contributed by atoms with Crippen LogP contribution in [0.4, 0.5) is 0 Å². The van der Waals surface area contributed by atoms with E-state index in [1.807, 2.05) is 6.92 Å². The summed E-state index contributed by atoms with van der Waals surface area (Å²) in [5, 5.41) is 83.1. The van der Waals surface area contributed by atoms with Crippen LogP contribution in [0, 0.1) is 5.92 Å². The fourth-order valence-electron chi connectivity index (χ4n) is 5.81. The van der Waals surface area contributed by atoms with E-state index in [0.29, 0.717) is 23.1 Å². The monoisotopic (exact) mass is 582 g/mol. The SMILES string of the molecule is CC1=C[C@H](c2c(O)cc(/C=C\c3ccc(O)cc3O)cc2O)[C@@H](C(=O)c2ccc(O)cc2O)[C@@H](c2ccc(O)cc2O)C1. The van der Waals surface area contributed by atoms with E-state index in [2.05, 4.69) is 0 Å². The van der Waals surface area contributed by atoms with Gasteiger partial charge in [-0.3, -0.25) is 4.79 Å². The Kier molecular flexibility index (Phi) is 7.65. The van der Waals surface area contributed by atoms with Gasteiger partial charge in [-0.2, -0.15) is 0 Å². The molecule has 8 N–H and O–H groups in total. The minimum atomic E-state index is -1.04. The molecule has 4 aromatic carbocycles. The molecule has 1 aliphatic rings. The average molecular weight is 583 g/mol. The lowest BCUT2D eigenvalue weighted by atomic mass is 9.65. The number of hydrogen-bond donors (Lipinski definition) is 8. The van der Waals surface area contributed by atoms with E-state index in [1.165, 1.54) is 66.7 Å². The molecule has 0 aromatic heterocycles. The third kappa shape index (κ3) is 5.78. The fourth-order valence-corrected chi connectivity index (χ4v) is 5.81. The Labute approximate surface area is 246 Å². The fraction of sp³-hybridized carbons (Fsp3) is 0.147. The minimum absolute atomic E-state index is 0.0589. The van der Waals surface area contributed by atoms with Crippen LogP contribution in [0.3, 0.4) is 0 Å². The van der Waals surface area contributed by atoms with Gasteiger partial charge in [0.15, 0.2) is 5.78 Å². The zero-order valence-electron chi connectivity index (χ0n) is 23.0. The summed E-state index contributed by atoms with van der Waals surface area (Å²) in [5.74, 6) is -5.17. The van der Waals surface area contributed by atoms with Gasteiger partial charge in [-0.05, 0) is 66.9 Å². The maximum absolute atomic E-state index is 14.2. The van der Waals surface area contributed by atoms with Crippen molar-refractivity contribution in [1.82, 2.24) is 0 Å². The number of carbonyl (C=O) groups is 1. The first-order valence-corrected chi connectivity index (χ1v) is 13.4. The predicted octanol–water partition coefficient (Wildman–Crippen LogP) is 6.22. The lowest BCUT2D eigenvalue weighted by Gasteiger charge is -2.37. The first kappa shape index (κ1) is 28.9. The number of allylic oxidation sites excluding steroid dienone is 2. The Morgan fingerprint density at radius 3 is 1.86 bits per heavy atom. The maximum atomic E-state index is 14.2. The summed E-state index contributed by atoms with van der Waals surface area (Å²) in [6.45, 7) is 1.82. The molecule has 1 aliphatic carbocycles. The van der Waals surface area contributed by atoms with Crippen molar-refractivity contribution in [1.29, 1.82) is 0 Å². The Morgan fingerprint density at radius 2 is 1.26 bits per heavy atom. The number of phenols is 8. The zero-order chi connectivity index (χ0) is 31.0. The van der Waals surface area contributed by atoms with Crippen LogP contribution in [-0.2, 0) is 0 Å². The van der Waals surface area contributed by atoms with Crippen molar-refractivity contribution >= 4 is 17.9 Å². The second-order valence-electron chi connectivity index (χ2n) is 10.7. The van der Waals surface area contributed by atoms with Gasteiger partial charge in [0.25, 0.3) is 0 Å². The highest BCUT2D eigenvalue weighted by atomic mass is 16.3. The molecule has 0 unspecified atom stereocenters. The van der Waals surface area contributed by atoms with Crippen LogP contribution in [0.25, 0.3) is 12.2 Å². The second kappa shape index (κ2) is 11.4. The lowest BCUT2D eigenvalue weighted by Crippen LogP contribution is -2.31. The molecule has 0 fully saturated rings. The Balaban J connectivity index is 1.62. The second-order valence-corrected chi connectivity index (χ2v) is 10.7. The standard InChI is InChI=1S/C34H30O9/c1-17-10-25(23-8-6-21(36)15-28(23)39)32(34(43)24-9-7-22(37)16-29(24)40)26(11-17)33-30(41)12-18(13-31(33)42)2-3-19-4-5-20(35)14-27(19)38/h2-9,11-16,25-26,32,35-42H,10H2,1H3/b3-2-/t25-,26+,32+/m1/s1. The topological polar surface area (TPSA) is 179 Å². The molecule has 0 amide bonds. The van der Waals surface area contributed by atoms with E-state index < -0.39 is 29.3 Å². The van der Waals surface area contributed by atoms with Gasteiger partial charge in [-0.25, -0.2) is 0 Å². The molecule has 0 saturated heterocycles. The van der Waals surface area contributed by atoms with Crippen LogP contribution in [0.15, 0.2) is 78.4 Å². The first-order valence-electron chi connectivity index (χ1n) is 13.4. The molecule has 4 aromatic rings. The Morgan fingerprint density at radius 1 is 0.674 bits per heavy atom. The van der Waals surface area contributed by atoms with Gasteiger partial charge in [0, 0.05) is 47.1 Å². The molecule has 3 atom stereocenters. The number of ketones is 1. The lowest BCUT2D eigenvalue weighted by molar-refractivity contribution is 0.0876. The summed E-state index contributed by atoms with van der Waals surface area (Å²) < 4.78 is 0. The van der Waals surface area contributed by atoms with Gasteiger partial charge in [0.2, 0.25) is 0 Å². The molecule has 0 aliphatic heterocycles. The Bertz CT molecular complexity index is 1760. The van der Waals surface area contributed by atoms with E-state index in [4.69, 9.17) is 0 Å². The van der Waals surface area contributed by atoms with Crippen molar-refractivity contribution in [3.05, 3.63) is 106 Å². The van der Waals surface area contributed by atoms with E-state index in [0.717, 1.165) is 11.6 Å². The summed E-state index contributed by atoms with van der Waals surface area (Å²) in [5.41, 5.74) is 1.92. The molecule has 0 spiro atoms. The van der Waals surface area contributed by atoms with Crippen LogP contribution in [0.5, 0.6) is 46.0 Å². The van der Waals surface area contributed by atoms with Crippen molar-refractivity contribution < 1.29 is 45.6 Å². The normalized spacial score (nSPS) is 18.4. The van der Waals surface area contributed by atoms with E-state index in [1.54, 1.807) is 12.2 Å². The molecule has 0 heterocycles. The number of hydrogen-bond acceptors (Lipinski definition) is 9. The minimum Gasteiger partial charge on any atom is -0.508 e. The molecular formula is C34H30O9. The third-order valence-corrected chi connectivity index (χ3v) is 7.75. The van der Waals surface area contributed by atoms with Crippen molar-refractivity contribution in [3.8, 4) is 46.0 Å². The van der Waals surface area contributed by atoms with E-state index in [9.17, 15) is 45.6 Å². The summed E-state index contributed by atoms with van der Waals surface area (Å²) in [6, 6.07) is 14.5. The van der Waals surface area contributed by atoms with Gasteiger partial charge in [-0.1, -0.05) is 29.9 Å². The molecule has 9 heteroatoms. The number of benzene rings is 4. The zero-order valence-corrected chi connectivity index (χ0v) is 23.0. The average Bonchev–Trinajstić information content (AvgIpc) is 2.91. The molecule has 0 bridgehead atoms. The highest BCUT2D eigenvalue weighted by Gasteiger charge is 2.43. The van der Waals surface area contributed by atoms with Crippen LogP contribution in [-0.4, -0.2) is 46.6 Å². The smallest absolute Gasteiger partial charge is 0.171 e. The molecular weight excluding hydrogens is 552 g/mol. The largest absolute Gasteiger partial charge is 0.508 e. The molecule has 0 radical (unpaired) electrons. The molecule has 43 heavy (non-hydrogen) atoms. The summed E-state index contributed by atoms with van der Waals surface area (Å²) in [4.78, 5) is 14.2. The maximum Gasteiger partial charge on any atom is 0.171 e. The van der Waals surface area contributed by atoms with Crippen LogP contribution >= 0.6 is 0 Å². The quantitative estimate of drug-likeness (QED) is 0.0744. The van der Waals surface area contributed by atoms with Crippen molar-refractivity contribution in [2.24, 2.45) is 5.92 Å².